The molecule has 2 heterocycles. The molecule has 0 aliphatic carbocycles. The minimum Gasteiger partial charge on any atom is -0.481 e. The molecule has 6 nitrogen and oxygen atoms in total. The Balaban J connectivity index is 2.14. The predicted molar refractivity (Wildman–Crippen MR) is 73.5 cm³/mol. The molecule has 110 valence electrons. The summed E-state index contributed by atoms with van der Waals surface area (Å²) in [5, 5.41) is 13.5. The van der Waals surface area contributed by atoms with Crippen LogP contribution in [0, 0.1) is 5.41 Å². The lowest BCUT2D eigenvalue weighted by Gasteiger charge is -2.37. The lowest BCUT2D eigenvalue weighted by Crippen LogP contribution is -2.48. The maximum absolute atomic E-state index is 12.4. The molecule has 1 aliphatic heterocycles. The lowest BCUT2D eigenvalue weighted by molar-refractivity contribution is -0.150. The number of piperidine rings is 1. The van der Waals surface area contributed by atoms with E-state index in [-0.39, 0.29) is 18.5 Å². The van der Waals surface area contributed by atoms with E-state index in [1.54, 1.807) is 28.8 Å². The van der Waals surface area contributed by atoms with Crippen molar-refractivity contribution in [1.82, 2.24) is 14.7 Å². The molecular formula is C14H21N3O3. The number of aromatic nitrogens is 2. The largest absolute Gasteiger partial charge is 0.481 e. The highest BCUT2D eigenvalue weighted by Crippen LogP contribution is 2.30. The van der Waals surface area contributed by atoms with Crippen LogP contribution in [0.5, 0.6) is 0 Å². The third-order valence-corrected chi connectivity index (χ3v) is 3.86. The van der Waals surface area contributed by atoms with Crippen LogP contribution in [0.2, 0.25) is 0 Å². The first kappa shape index (κ1) is 14.6. The van der Waals surface area contributed by atoms with Crippen LogP contribution in [0.15, 0.2) is 12.3 Å². The molecule has 1 aliphatic rings. The van der Waals surface area contributed by atoms with Crippen molar-refractivity contribution in [3.8, 4) is 0 Å². The zero-order valence-corrected chi connectivity index (χ0v) is 12.2. The van der Waals surface area contributed by atoms with Gasteiger partial charge in [0.1, 0.15) is 5.69 Å². The normalized spacial score (nSPS) is 23.1. The molecule has 1 amide bonds. The summed E-state index contributed by atoms with van der Waals surface area (Å²) >= 11 is 0. The van der Waals surface area contributed by atoms with Gasteiger partial charge in [-0.2, -0.15) is 5.10 Å². The number of nitrogens with zero attached hydrogens (tertiary/aromatic N) is 3. The molecule has 1 saturated heterocycles. The van der Waals surface area contributed by atoms with Crippen LogP contribution in [-0.2, 0) is 4.79 Å². The summed E-state index contributed by atoms with van der Waals surface area (Å²) in [4.78, 5) is 25.3. The van der Waals surface area contributed by atoms with Gasteiger partial charge in [-0.25, -0.2) is 0 Å². The van der Waals surface area contributed by atoms with Crippen LogP contribution in [0.1, 0.15) is 50.1 Å². The topological polar surface area (TPSA) is 75.4 Å². The minimum absolute atomic E-state index is 0.184. The first-order valence-corrected chi connectivity index (χ1v) is 6.91. The fourth-order valence-electron chi connectivity index (χ4n) is 2.49. The highest BCUT2D eigenvalue weighted by Gasteiger charge is 2.39. The summed E-state index contributed by atoms with van der Waals surface area (Å²) < 4.78 is 1.73. The van der Waals surface area contributed by atoms with Gasteiger partial charge in [0.15, 0.2) is 0 Å². The number of hydrogen-bond acceptors (Lipinski definition) is 3. The fraction of sp³-hybridized carbons (Fsp3) is 0.643. The maximum atomic E-state index is 12.4. The van der Waals surface area contributed by atoms with E-state index in [0.29, 0.717) is 25.1 Å². The van der Waals surface area contributed by atoms with Crippen LogP contribution < -0.4 is 0 Å². The second-order valence-electron chi connectivity index (χ2n) is 5.97. The Morgan fingerprint density at radius 3 is 2.70 bits per heavy atom. The number of hydrogen-bond donors (Lipinski definition) is 1. The smallest absolute Gasteiger partial charge is 0.311 e. The van der Waals surface area contributed by atoms with Gasteiger partial charge in [-0.3, -0.25) is 14.3 Å². The van der Waals surface area contributed by atoms with E-state index in [9.17, 15) is 14.7 Å². The van der Waals surface area contributed by atoms with Crippen molar-refractivity contribution in [2.45, 2.75) is 39.7 Å². The summed E-state index contributed by atoms with van der Waals surface area (Å²) in [5.74, 6) is -1.03. The summed E-state index contributed by atoms with van der Waals surface area (Å²) in [6, 6.07) is 1.89. The zero-order valence-electron chi connectivity index (χ0n) is 12.2. The van der Waals surface area contributed by atoms with Crippen molar-refractivity contribution in [3.63, 3.8) is 0 Å². The molecule has 0 aromatic carbocycles. The van der Waals surface area contributed by atoms with Gasteiger partial charge in [-0.05, 0) is 39.7 Å². The quantitative estimate of drug-likeness (QED) is 0.915. The average molecular weight is 279 g/mol. The molecule has 0 saturated carbocycles. The number of carbonyl (C=O) groups is 2. The third-order valence-electron chi connectivity index (χ3n) is 3.86. The van der Waals surface area contributed by atoms with Gasteiger partial charge in [0.05, 0.1) is 5.41 Å². The monoisotopic (exact) mass is 279 g/mol. The molecule has 1 atom stereocenters. The molecule has 0 spiro atoms. The molecule has 0 bridgehead atoms. The van der Waals surface area contributed by atoms with E-state index < -0.39 is 11.4 Å². The number of rotatable bonds is 3. The second-order valence-corrected chi connectivity index (χ2v) is 5.97. The van der Waals surface area contributed by atoms with E-state index in [2.05, 4.69) is 5.10 Å². The van der Waals surface area contributed by atoms with Gasteiger partial charge in [0.2, 0.25) is 0 Å². The van der Waals surface area contributed by atoms with Gasteiger partial charge < -0.3 is 10.0 Å². The molecule has 6 heteroatoms. The van der Waals surface area contributed by atoms with Gasteiger partial charge in [0, 0.05) is 25.3 Å². The molecule has 0 radical (unpaired) electrons. The van der Waals surface area contributed by atoms with E-state index in [0.717, 1.165) is 0 Å². The number of aliphatic carboxylic acids is 1. The van der Waals surface area contributed by atoms with Crippen molar-refractivity contribution < 1.29 is 14.7 Å². The van der Waals surface area contributed by atoms with Crippen molar-refractivity contribution in [2.24, 2.45) is 5.41 Å². The Morgan fingerprint density at radius 1 is 1.45 bits per heavy atom. The summed E-state index contributed by atoms with van der Waals surface area (Å²) in [6.07, 6.45) is 3.09. The van der Waals surface area contributed by atoms with Gasteiger partial charge in [-0.15, -0.1) is 0 Å². The van der Waals surface area contributed by atoms with Crippen molar-refractivity contribution in [1.29, 1.82) is 0 Å². The van der Waals surface area contributed by atoms with Crippen molar-refractivity contribution in [2.75, 3.05) is 13.1 Å². The maximum Gasteiger partial charge on any atom is 0.311 e. The number of carbonyl (C=O) groups excluding carboxylic acids is 1. The lowest BCUT2D eigenvalue weighted by atomic mass is 9.82. The van der Waals surface area contributed by atoms with Crippen LogP contribution in [0.4, 0.5) is 0 Å². The zero-order chi connectivity index (χ0) is 14.9. The highest BCUT2D eigenvalue weighted by molar-refractivity contribution is 5.92. The molecular weight excluding hydrogens is 258 g/mol. The second kappa shape index (κ2) is 5.26. The molecule has 1 unspecified atom stereocenters. The fourth-order valence-corrected chi connectivity index (χ4v) is 2.49. The highest BCUT2D eigenvalue weighted by atomic mass is 16.4. The van der Waals surface area contributed by atoms with Crippen LogP contribution in [-0.4, -0.2) is 44.8 Å². The molecule has 1 fully saturated rings. The molecule has 20 heavy (non-hydrogen) atoms. The standard InChI is InChI=1S/C14H21N3O3/c1-10(2)17-8-5-11(15-17)12(18)16-7-4-6-14(3,9-16)13(19)20/h5,8,10H,4,6-7,9H2,1-3H3,(H,19,20). The van der Waals surface area contributed by atoms with Crippen molar-refractivity contribution in [3.05, 3.63) is 18.0 Å². The Kier molecular flexibility index (Phi) is 3.83. The van der Waals surface area contributed by atoms with Crippen molar-refractivity contribution >= 4 is 11.9 Å². The average Bonchev–Trinajstić information content (AvgIpc) is 2.87. The molecule has 1 N–H and O–H groups in total. The van der Waals surface area contributed by atoms with E-state index >= 15 is 0 Å². The molecule has 1 aromatic rings. The number of amides is 1. The first-order chi connectivity index (χ1) is 9.33. The van der Waals surface area contributed by atoms with Gasteiger partial charge >= 0.3 is 5.97 Å². The number of likely N-dealkylation sites (tertiary alicyclic amines) is 1. The number of carboxylic acids is 1. The van der Waals surface area contributed by atoms with Crippen LogP contribution in [0.3, 0.4) is 0 Å². The summed E-state index contributed by atoms with van der Waals surface area (Å²) in [7, 11) is 0. The molecule has 2 rings (SSSR count). The third kappa shape index (κ3) is 2.69. The summed E-state index contributed by atoms with van der Waals surface area (Å²) in [5.41, 5.74) is -0.470. The SMILES string of the molecule is CC(C)n1ccc(C(=O)N2CCCC(C)(C(=O)O)C2)n1. The first-order valence-electron chi connectivity index (χ1n) is 6.91. The van der Waals surface area contributed by atoms with Crippen LogP contribution >= 0.6 is 0 Å². The number of carboxylic acid groups (broad SMARTS) is 1. The summed E-state index contributed by atoms with van der Waals surface area (Å²) in [6.45, 7) is 6.51. The van der Waals surface area contributed by atoms with E-state index in [4.69, 9.17) is 0 Å². The minimum atomic E-state index is -0.853. The van der Waals surface area contributed by atoms with E-state index in [1.165, 1.54) is 0 Å². The van der Waals surface area contributed by atoms with Gasteiger partial charge in [0.25, 0.3) is 5.91 Å². The molecule has 1 aromatic heterocycles. The van der Waals surface area contributed by atoms with E-state index in [1.807, 2.05) is 13.8 Å². The predicted octanol–water partition coefficient (Wildman–Crippen LogP) is 1.79. The Bertz CT molecular complexity index is 523. The van der Waals surface area contributed by atoms with Gasteiger partial charge in [-0.1, -0.05) is 0 Å². The Morgan fingerprint density at radius 2 is 2.15 bits per heavy atom. The van der Waals surface area contributed by atoms with Crippen LogP contribution in [0.25, 0.3) is 0 Å². The Hall–Kier alpha value is -1.85. The Labute approximate surface area is 118 Å².